The summed E-state index contributed by atoms with van der Waals surface area (Å²) < 4.78 is 13.4. The Morgan fingerprint density at radius 2 is 2.11 bits per heavy atom. The highest BCUT2D eigenvalue weighted by molar-refractivity contribution is 6.07. The number of hydrogen-bond acceptors (Lipinski definition) is 4. The summed E-state index contributed by atoms with van der Waals surface area (Å²) in [7, 11) is 0. The lowest BCUT2D eigenvalue weighted by Gasteiger charge is -2.19. The summed E-state index contributed by atoms with van der Waals surface area (Å²) in [6, 6.07) is 8.33. The van der Waals surface area contributed by atoms with E-state index in [-0.39, 0.29) is 19.5 Å². The fraction of sp³-hybridized carbons (Fsp3) is 0.400. The number of hydrogen-bond donors (Lipinski definition) is 1. The number of pyridine rings is 1. The predicted molar refractivity (Wildman–Crippen MR) is 101 cm³/mol. The van der Waals surface area contributed by atoms with Gasteiger partial charge in [-0.2, -0.15) is 5.26 Å². The van der Waals surface area contributed by atoms with Gasteiger partial charge in [-0.25, -0.2) is 4.39 Å². The zero-order chi connectivity index (χ0) is 20.0. The largest absolute Gasteiger partial charge is 0.343 e. The SMILES string of the molecule is CC.Cc1ccc2nccc(C(=O)NCC(=O)N3CC(F)CC3C#N)c2c1. The number of nitriles is 1. The number of amides is 2. The number of rotatable bonds is 3. The molecule has 1 N–H and O–H groups in total. The average Bonchev–Trinajstić information content (AvgIpc) is 3.07. The summed E-state index contributed by atoms with van der Waals surface area (Å²) in [6.07, 6.45) is 0.357. The summed E-state index contributed by atoms with van der Waals surface area (Å²) >= 11 is 0. The first-order valence-electron chi connectivity index (χ1n) is 8.96. The number of benzene rings is 1. The van der Waals surface area contributed by atoms with Gasteiger partial charge in [0.05, 0.1) is 30.2 Å². The maximum Gasteiger partial charge on any atom is 0.252 e. The minimum Gasteiger partial charge on any atom is -0.343 e. The van der Waals surface area contributed by atoms with Gasteiger partial charge in [-0.15, -0.1) is 0 Å². The number of halogens is 1. The van der Waals surface area contributed by atoms with E-state index in [1.54, 1.807) is 6.07 Å². The van der Waals surface area contributed by atoms with E-state index >= 15 is 0 Å². The van der Waals surface area contributed by atoms with Crippen molar-refractivity contribution in [1.29, 1.82) is 5.26 Å². The lowest BCUT2D eigenvalue weighted by atomic mass is 10.1. The van der Waals surface area contributed by atoms with Crippen LogP contribution in [0.2, 0.25) is 0 Å². The summed E-state index contributed by atoms with van der Waals surface area (Å²) in [4.78, 5) is 30.1. The second kappa shape index (κ2) is 9.08. The third-order valence-corrected chi connectivity index (χ3v) is 4.26. The van der Waals surface area contributed by atoms with Gasteiger partial charge in [-0.3, -0.25) is 14.6 Å². The van der Waals surface area contributed by atoms with Crippen LogP contribution in [-0.4, -0.2) is 47.0 Å². The normalized spacial score (nSPS) is 18.4. The fourth-order valence-corrected chi connectivity index (χ4v) is 2.99. The van der Waals surface area contributed by atoms with Crippen molar-refractivity contribution < 1.29 is 14.0 Å². The summed E-state index contributed by atoms with van der Waals surface area (Å²) in [5.74, 6) is -0.870. The van der Waals surface area contributed by atoms with Gasteiger partial charge in [0.25, 0.3) is 5.91 Å². The minimum atomic E-state index is -1.20. The average molecular weight is 370 g/mol. The molecule has 6 nitrogen and oxygen atoms in total. The van der Waals surface area contributed by atoms with Crippen LogP contribution >= 0.6 is 0 Å². The molecular formula is C20H23FN4O2. The molecule has 3 rings (SSSR count). The van der Waals surface area contributed by atoms with Crippen LogP contribution in [0.4, 0.5) is 4.39 Å². The Hall–Kier alpha value is -3.01. The Kier molecular flexibility index (Phi) is 6.83. The van der Waals surface area contributed by atoms with Gasteiger partial charge in [0.2, 0.25) is 5.91 Å². The quantitative estimate of drug-likeness (QED) is 0.900. The highest BCUT2D eigenvalue weighted by Crippen LogP contribution is 2.20. The predicted octanol–water partition coefficient (Wildman–Crippen LogP) is 2.76. The molecule has 2 aromatic rings. The van der Waals surface area contributed by atoms with Crippen molar-refractivity contribution >= 4 is 22.7 Å². The third kappa shape index (κ3) is 4.59. The van der Waals surface area contributed by atoms with E-state index in [0.717, 1.165) is 5.56 Å². The van der Waals surface area contributed by atoms with Crippen LogP contribution in [0.25, 0.3) is 10.9 Å². The number of carbonyl (C=O) groups is 2. The van der Waals surface area contributed by atoms with E-state index in [1.165, 1.54) is 11.1 Å². The maximum absolute atomic E-state index is 13.4. The highest BCUT2D eigenvalue weighted by Gasteiger charge is 2.35. The smallest absolute Gasteiger partial charge is 0.252 e. The van der Waals surface area contributed by atoms with Crippen molar-refractivity contribution in [2.75, 3.05) is 13.1 Å². The first-order valence-corrected chi connectivity index (χ1v) is 8.96. The van der Waals surface area contributed by atoms with Crippen LogP contribution in [-0.2, 0) is 4.79 Å². The van der Waals surface area contributed by atoms with Crippen molar-refractivity contribution in [1.82, 2.24) is 15.2 Å². The van der Waals surface area contributed by atoms with E-state index < -0.39 is 24.0 Å². The standard InChI is InChI=1S/C18H17FN4O2.C2H6/c1-11-2-3-16-15(6-11)14(4-5-21-16)18(25)22-9-17(24)23-10-12(19)7-13(23)8-20;1-2/h2-6,12-13H,7,9-10H2,1H3,(H,22,25);1-2H3. The first-order chi connectivity index (χ1) is 13.0. The number of nitrogens with one attached hydrogen (secondary N) is 1. The summed E-state index contributed by atoms with van der Waals surface area (Å²) in [5, 5.41) is 12.3. The molecule has 0 aliphatic carbocycles. The van der Waals surface area contributed by atoms with Gasteiger partial charge in [0, 0.05) is 18.0 Å². The minimum absolute atomic E-state index is 0.0183. The lowest BCUT2D eigenvalue weighted by molar-refractivity contribution is -0.130. The molecule has 0 radical (unpaired) electrons. The van der Waals surface area contributed by atoms with Gasteiger partial charge < -0.3 is 10.2 Å². The molecule has 2 heterocycles. The molecular weight excluding hydrogens is 347 g/mol. The zero-order valence-electron chi connectivity index (χ0n) is 15.7. The van der Waals surface area contributed by atoms with E-state index in [1.807, 2.05) is 45.0 Å². The van der Waals surface area contributed by atoms with E-state index in [9.17, 15) is 14.0 Å². The monoisotopic (exact) mass is 370 g/mol. The number of aryl methyl sites for hydroxylation is 1. The second-order valence-corrected chi connectivity index (χ2v) is 6.09. The highest BCUT2D eigenvalue weighted by atomic mass is 19.1. The fourth-order valence-electron chi connectivity index (χ4n) is 2.99. The Labute approximate surface area is 158 Å². The van der Waals surface area contributed by atoms with Gasteiger partial charge in [0.1, 0.15) is 12.2 Å². The summed E-state index contributed by atoms with van der Waals surface area (Å²) in [5.41, 5.74) is 2.10. The van der Waals surface area contributed by atoms with Crippen molar-refractivity contribution in [3.05, 3.63) is 41.6 Å². The Bertz CT molecular complexity index is 878. The van der Waals surface area contributed by atoms with E-state index in [2.05, 4.69) is 10.3 Å². The second-order valence-electron chi connectivity index (χ2n) is 6.09. The van der Waals surface area contributed by atoms with E-state index in [4.69, 9.17) is 5.26 Å². The molecule has 27 heavy (non-hydrogen) atoms. The number of nitrogens with zero attached hydrogens (tertiary/aromatic N) is 3. The molecule has 7 heteroatoms. The molecule has 0 spiro atoms. The van der Waals surface area contributed by atoms with Gasteiger partial charge in [-0.1, -0.05) is 25.5 Å². The van der Waals surface area contributed by atoms with Crippen LogP contribution in [0.15, 0.2) is 30.5 Å². The molecule has 1 fully saturated rings. The van der Waals surface area contributed by atoms with Crippen LogP contribution in [0, 0.1) is 18.3 Å². The molecule has 0 bridgehead atoms. The Morgan fingerprint density at radius 3 is 2.81 bits per heavy atom. The topological polar surface area (TPSA) is 86.1 Å². The van der Waals surface area contributed by atoms with Gasteiger partial charge in [0.15, 0.2) is 0 Å². The molecule has 2 unspecified atom stereocenters. The van der Waals surface area contributed by atoms with Crippen molar-refractivity contribution in [2.45, 2.75) is 39.4 Å². The van der Waals surface area contributed by atoms with Crippen molar-refractivity contribution in [2.24, 2.45) is 0 Å². The molecule has 1 saturated heterocycles. The summed E-state index contributed by atoms with van der Waals surface area (Å²) in [6.45, 7) is 5.53. The van der Waals surface area contributed by atoms with Crippen LogP contribution in [0.1, 0.15) is 36.2 Å². The zero-order valence-corrected chi connectivity index (χ0v) is 15.7. The molecule has 1 aromatic carbocycles. The number of alkyl halides is 1. The van der Waals surface area contributed by atoms with Gasteiger partial charge >= 0.3 is 0 Å². The number of carbonyl (C=O) groups excluding carboxylic acids is 2. The Balaban J connectivity index is 0.00000126. The maximum atomic E-state index is 13.4. The van der Waals surface area contributed by atoms with Crippen molar-refractivity contribution in [3.8, 4) is 6.07 Å². The Morgan fingerprint density at radius 1 is 1.37 bits per heavy atom. The van der Waals surface area contributed by atoms with Gasteiger partial charge in [-0.05, 0) is 25.1 Å². The lowest BCUT2D eigenvalue weighted by Crippen LogP contribution is -2.42. The molecule has 1 aromatic heterocycles. The number of fused-ring (bicyclic) bond motifs is 1. The molecule has 2 atom stereocenters. The third-order valence-electron chi connectivity index (χ3n) is 4.26. The molecule has 0 saturated carbocycles. The molecule has 1 aliphatic heterocycles. The van der Waals surface area contributed by atoms with E-state index in [0.29, 0.717) is 16.5 Å². The van der Waals surface area contributed by atoms with Crippen molar-refractivity contribution in [3.63, 3.8) is 0 Å². The number of likely N-dealkylation sites (tertiary alicyclic amines) is 1. The van der Waals surface area contributed by atoms with Crippen LogP contribution in [0.5, 0.6) is 0 Å². The van der Waals surface area contributed by atoms with Crippen LogP contribution < -0.4 is 5.32 Å². The molecule has 2 amide bonds. The number of aromatic nitrogens is 1. The molecule has 142 valence electrons. The first kappa shape index (κ1) is 20.3. The van der Waals surface area contributed by atoms with Crippen LogP contribution in [0.3, 0.4) is 0 Å². The molecule has 1 aliphatic rings.